The highest BCUT2D eigenvalue weighted by atomic mass is 19.4. The van der Waals surface area contributed by atoms with Gasteiger partial charge in [-0.15, -0.1) is 0 Å². The van der Waals surface area contributed by atoms with Crippen molar-refractivity contribution in [1.82, 2.24) is 9.78 Å². The van der Waals surface area contributed by atoms with Gasteiger partial charge in [0, 0.05) is 6.04 Å². The Morgan fingerprint density at radius 2 is 2.29 bits per heavy atom. The van der Waals surface area contributed by atoms with E-state index < -0.39 is 24.2 Å². The maximum absolute atomic E-state index is 12.8. The van der Waals surface area contributed by atoms with Gasteiger partial charge in [0.2, 0.25) is 0 Å². The lowest BCUT2D eigenvalue weighted by atomic mass is 10.1. The number of alkyl halides is 3. The van der Waals surface area contributed by atoms with Gasteiger partial charge in [0.15, 0.2) is 6.04 Å². The van der Waals surface area contributed by atoms with E-state index in [1.54, 1.807) is 6.92 Å². The molecule has 0 radical (unpaired) electrons. The molecule has 1 aliphatic heterocycles. The number of hydrogen-bond acceptors (Lipinski definition) is 4. The Labute approximate surface area is 94.2 Å². The number of carbonyl (C=O) groups is 1. The molecule has 0 saturated heterocycles. The topological polar surface area (TPSA) is 70.0 Å². The highest BCUT2D eigenvalue weighted by Crippen LogP contribution is 2.39. The van der Waals surface area contributed by atoms with Gasteiger partial charge < -0.3 is 15.2 Å². The fourth-order valence-corrected chi connectivity index (χ4v) is 1.89. The van der Waals surface area contributed by atoms with Crippen LogP contribution >= 0.6 is 0 Å². The number of fused-ring (bicyclic) bond motifs is 1. The second-order valence-corrected chi connectivity index (χ2v) is 3.98. The van der Waals surface area contributed by atoms with Gasteiger partial charge in [-0.1, -0.05) is 0 Å². The van der Waals surface area contributed by atoms with Crippen LogP contribution in [0.3, 0.4) is 0 Å². The van der Waals surface area contributed by atoms with E-state index in [0.717, 1.165) is 6.20 Å². The second kappa shape index (κ2) is 3.64. The van der Waals surface area contributed by atoms with Gasteiger partial charge in [-0.3, -0.25) is 0 Å². The smallest absolute Gasteiger partial charge is 0.410 e. The normalized spacial score (nSPS) is 24.0. The van der Waals surface area contributed by atoms with Crippen molar-refractivity contribution in [2.24, 2.45) is 0 Å². The lowest BCUT2D eigenvalue weighted by molar-refractivity contribution is -0.255. The number of nitrogens with one attached hydrogen (secondary N) is 1. The molecule has 8 heteroatoms. The molecule has 1 N–H and O–H groups in total. The van der Waals surface area contributed by atoms with E-state index in [2.05, 4.69) is 10.4 Å². The van der Waals surface area contributed by atoms with Gasteiger partial charge >= 0.3 is 6.18 Å². The summed E-state index contributed by atoms with van der Waals surface area (Å²) in [7, 11) is 0. The number of carboxylic acid groups (broad SMARTS) is 1. The van der Waals surface area contributed by atoms with Gasteiger partial charge in [0.25, 0.3) is 0 Å². The molecule has 0 fully saturated rings. The predicted molar refractivity (Wildman–Crippen MR) is 49.4 cm³/mol. The molecule has 0 unspecified atom stereocenters. The van der Waals surface area contributed by atoms with Crippen LogP contribution in [0.2, 0.25) is 0 Å². The first-order valence-corrected chi connectivity index (χ1v) is 4.93. The van der Waals surface area contributed by atoms with Crippen molar-refractivity contribution in [2.75, 3.05) is 5.32 Å². The van der Waals surface area contributed by atoms with Crippen LogP contribution in [0.25, 0.3) is 0 Å². The zero-order chi connectivity index (χ0) is 12.8. The van der Waals surface area contributed by atoms with E-state index in [4.69, 9.17) is 0 Å². The average Bonchev–Trinajstić information content (AvgIpc) is 2.57. The minimum Gasteiger partial charge on any atom is -0.545 e. The molecule has 5 nitrogen and oxygen atoms in total. The molecule has 2 atom stereocenters. The Morgan fingerprint density at radius 1 is 1.65 bits per heavy atom. The third kappa shape index (κ3) is 1.94. The van der Waals surface area contributed by atoms with E-state index in [1.807, 2.05) is 0 Å². The van der Waals surface area contributed by atoms with Crippen LogP contribution in [0.1, 0.15) is 29.7 Å². The molecule has 1 aromatic rings. The molecule has 94 valence electrons. The van der Waals surface area contributed by atoms with Crippen molar-refractivity contribution in [3.8, 4) is 0 Å². The predicted octanol–water partition coefficient (Wildman–Crippen LogP) is 0.554. The van der Waals surface area contributed by atoms with Gasteiger partial charge in [-0.25, -0.2) is 4.68 Å². The van der Waals surface area contributed by atoms with Crippen LogP contribution in [0.5, 0.6) is 0 Å². The third-order valence-corrected chi connectivity index (χ3v) is 2.65. The first-order chi connectivity index (χ1) is 7.80. The van der Waals surface area contributed by atoms with Crippen molar-refractivity contribution in [3.63, 3.8) is 0 Å². The summed E-state index contributed by atoms with van der Waals surface area (Å²) in [5, 5.41) is 16.9. The molecule has 0 aromatic carbocycles. The van der Waals surface area contributed by atoms with Crippen LogP contribution in [-0.4, -0.2) is 28.0 Å². The molecule has 2 heterocycles. The molecule has 1 aromatic heterocycles. The van der Waals surface area contributed by atoms with E-state index in [0.29, 0.717) is 4.68 Å². The minimum atomic E-state index is -4.46. The van der Waals surface area contributed by atoms with Crippen molar-refractivity contribution in [1.29, 1.82) is 0 Å². The van der Waals surface area contributed by atoms with E-state index in [1.165, 1.54) is 0 Å². The number of halogens is 3. The maximum atomic E-state index is 12.8. The number of rotatable bonds is 1. The molecule has 17 heavy (non-hydrogen) atoms. The molecule has 0 spiro atoms. The summed E-state index contributed by atoms with van der Waals surface area (Å²) in [6.45, 7) is 1.55. The molecule has 0 amide bonds. The molecule has 2 rings (SSSR count). The monoisotopic (exact) mass is 248 g/mol. The molecule has 1 aliphatic rings. The fourth-order valence-electron chi connectivity index (χ4n) is 1.89. The summed E-state index contributed by atoms with van der Waals surface area (Å²) in [6.07, 6.45) is -3.78. The summed E-state index contributed by atoms with van der Waals surface area (Å²) < 4.78 is 38.9. The van der Waals surface area contributed by atoms with Crippen molar-refractivity contribution >= 4 is 11.8 Å². The molecule has 0 aliphatic carbocycles. The van der Waals surface area contributed by atoms with E-state index in [-0.39, 0.29) is 17.8 Å². The van der Waals surface area contributed by atoms with Crippen LogP contribution in [0, 0.1) is 0 Å². The van der Waals surface area contributed by atoms with Crippen LogP contribution in [0.4, 0.5) is 19.0 Å². The van der Waals surface area contributed by atoms with Gasteiger partial charge in [0.1, 0.15) is 5.82 Å². The highest BCUT2D eigenvalue weighted by Gasteiger charge is 2.45. The van der Waals surface area contributed by atoms with E-state index in [9.17, 15) is 23.1 Å². The Kier molecular flexibility index (Phi) is 2.52. The molecular formula is C9H9F3N3O2-. The summed E-state index contributed by atoms with van der Waals surface area (Å²) >= 11 is 0. The van der Waals surface area contributed by atoms with Crippen LogP contribution in [-0.2, 0) is 0 Å². The van der Waals surface area contributed by atoms with Crippen molar-refractivity contribution < 1.29 is 23.1 Å². The lowest BCUT2D eigenvalue weighted by Crippen LogP contribution is -2.38. The third-order valence-electron chi connectivity index (χ3n) is 2.65. The van der Waals surface area contributed by atoms with Gasteiger partial charge in [-0.2, -0.15) is 18.3 Å². The summed E-state index contributed by atoms with van der Waals surface area (Å²) in [4.78, 5) is 10.7. The number of hydrogen-bond donors (Lipinski definition) is 1. The zero-order valence-electron chi connectivity index (χ0n) is 8.78. The Hall–Kier alpha value is -1.73. The maximum Gasteiger partial charge on any atom is 0.410 e. The first kappa shape index (κ1) is 11.7. The quantitative estimate of drug-likeness (QED) is 0.788. The van der Waals surface area contributed by atoms with Gasteiger partial charge in [-0.05, 0) is 13.3 Å². The standard InChI is InChI=1S/C9H10F3N3O2/c1-4-2-6(9(10,11)12)15-7(14-4)5(3-13-15)8(16)17/h3-4,6,14H,2H2,1H3,(H,16,17)/p-1/t4-,6-/m1/s1. The van der Waals surface area contributed by atoms with Gasteiger partial charge in [0.05, 0.1) is 17.7 Å². The lowest BCUT2D eigenvalue weighted by Gasteiger charge is -2.32. The summed E-state index contributed by atoms with van der Waals surface area (Å²) in [5.41, 5.74) is -0.356. The molecule has 0 bridgehead atoms. The SMILES string of the molecule is C[C@@H]1C[C@H](C(F)(F)F)n2ncc(C(=O)[O-])c2N1. The Morgan fingerprint density at radius 3 is 2.82 bits per heavy atom. The van der Waals surface area contributed by atoms with Crippen molar-refractivity contribution in [3.05, 3.63) is 11.8 Å². The number of anilines is 1. The fraction of sp³-hybridized carbons (Fsp3) is 0.556. The molecule has 0 saturated carbocycles. The van der Waals surface area contributed by atoms with E-state index >= 15 is 0 Å². The van der Waals surface area contributed by atoms with Crippen LogP contribution < -0.4 is 10.4 Å². The summed E-state index contributed by atoms with van der Waals surface area (Å²) in [5.74, 6) is -1.69. The summed E-state index contributed by atoms with van der Waals surface area (Å²) in [6, 6.07) is -2.29. The average molecular weight is 248 g/mol. The Bertz CT molecular complexity index is 455. The minimum absolute atomic E-state index is 0.147. The number of carbonyl (C=O) groups excluding carboxylic acids is 1. The zero-order valence-corrected chi connectivity index (χ0v) is 8.78. The molecular weight excluding hydrogens is 239 g/mol. The highest BCUT2D eigenvalue weighted by molar-refractivity contribution is 5.91. The largest absolute Gasteiger partial charge is 0.545 e. The Balaban J connectivity index is 2.49. The second-order valence-electron chi connectivity index (χ2n) is 3.98. The number of carboxylic acids is 1. The van der Waals surface area contributed by atoms with Crippen molar-refractivity contribution in [2.45, 2.75) is 31.6 Å². The first-order valence-electron chi connectivity index (χ1n) is 4.93. The number of aromatic carboxylic acids is 1. The van der Waals surface area contributed by atoms with Crippen LogP contribution in [0.15, 0.2) is 6.20 Å². The number of aromatic nitrogens is 2. The number of nitrogens with zero attached hydrogens (tertiary/aromatic N) is 2.